The van der Waals surface area contributed by atoms with E-state index in [-0.39, 0.29) is 35.4 Å². The molecule has 0 aliphatic carbocycles. The van der Waals surface area contributed by atoms with E-state index >= 15 is 0 Å². The number of carbonyl (C=O) groups is 4. The number of phenols is 1. The summed E-state index contributed by atoms with van der Waals surface area (Å²) in [7, 11) is 1.48. The Balaban J connectivity index is 2.66. The van der Waals surface area contributed by atoms with Gasteiger partial charge in [-0.3, -0.25) is 19.2 Å². The van der Waals surface area contributed by atoms with Crippen molar-refractivity contribution in [2.45, 2.75) is 89.0 Å². The van der Waals surface area contributed by atoms with Gasteiger partial charge in [-0.2, -0.15) is 11.8 Å². The molecule has 0 aliphatic heterocycles. The number of hydrogen-bond donors (Lipinski definition) is 4. The Hall–Kier alpha value is -2.59. The summed E-state index contributed by atoms with van der Waals surface area (Å²) >= 11 is 1.51. The van der Waals surface area contributed by atoms with Crippen LogP contribution >= 0.6 is 11.8 Å². The second kappa shape index (κ2) is 17.0. The van der Waals surface area contributed by atoms with Crippen molar-refractivity contribution in [3.63, 3.8) is 0 Å². The standard InChI is InChI=1S/C26H40N2O7S/c1-4-5-6-7-20(15-19(30)10-8-18-9-12-23(31)24(14-18)35-3)36-16-22(17(2)29)28-25(32)13-11-21(27)26(33)34/h9,12,14,20-22,31H,4-8,10-11,13,15-16,27H2,1-3H3,(H,28,32)(H,33,34). The van der Waals surface area contributed by atoms with Crippen molar-refractivity contribution in [2.24, 2.45) is 5.73 Å². The fourth-order valence-corrected chi connectivity index (χ4v) is 4.97. The predicted molar refractivity (Wildman–Crippen MR) is 140 cm³/mol. The number of aliphatic carboxylic acids is 1. The van der Waals surface area contributed by atoms with Gasteiger partial charge in [0.2, 0.25) is 5.91 Å². The number of hydrogen-bond acceptors (Lipinski definition) is 8. The molecule has 10 heteroatoms. The third kappa shape index (κ3) is 12.4. The Morgan fingerprint density at radius 2 is 1.86 bits per heavy atom. The second-order valence-electron chi connectivity index (χ2n) is 8.91. The average Bonchev–Trinajstić information content (AvgIpc) is 2.83. The molecule has 1 rings (SSSR count). The number of nitrogens with one attached hydrogen (secondary N) is 1. The number of nitrogens with two attached hydrogens (primary N) is 1. The third-order valence-corrected chi connectivity index (χ3v) is 7.25. The summed E-state index contributed by atoms with van der Waals surface area (Å²) < 4.78 is 5.12. The highest BCUT2D eigenvalue weighted by Crippen LogP contribution is 2.27. The first kappa shape index (κ1) is 31.4. The van der Waals surface area contributed by atoms with E-state index in [1.165, 1.54) is 25.8 Å². The summed E-state index contributed by atoms with van der Waals surface area (Å²) in [6.45, 7) is 3.51. The highest BCUT2D eigenvalue weighted by Gasteiger charge is 2.22. The topological polar surface area (TPSA) is 156 Å². The van der Waals surface area contributed by atoms with Crippen LogP contribution in [0.15, 0.2) is 18.2 Å². The molecule has 1 amide bonds. The lowest BCUT2D eigenvalue weighted by Crippen LogP contribution is -2.42. The first-order valence-corrected chi connectivity index (χ1v) is 13.4. The van der Waals surface area contributed by atoms with Gasteiger partial charge in [-0.1, -0.05) is 32.3 Å². The molecule has 0 bridgehead atoms. The van der Waals surface area contributed by atoms with E-state index in [1.54, 1.807) is 18.2 Å². The van der Waals surface area contributed by atoms with E-state index in [9.17, 15) is 24.3 Å². The largest absolute Gasteiger partial charge is 0.504 e. The molecule has 36 heavy (non-hydrogen) atoms. The number of phenolic OH excluding ortho intramolecular Hbond substituents is 1. The Morgan fingerprint density at radius 1 is 1.14 bits per heavy atom. The normalized spacial score (nSPS) is 13.4. The van der Waals surface area contributed by atoms with E-state index in [0.29, 0.717) is 30.8 Å². The van der Waals surface area contributed by atoms with Crippen LogP contribution in [0.2, 0.25) is 0 Å². The van der Waals surface area contributed by atoms with Gasteiger partial charge in [-0.05, 0) is 43.9 Å². The minimum atomic E-state index is -1.18. The predicted octanol–water partition coefficient (Wildman–Crippen LogP) is 3.24. The van der Waals surface area contributed by atoms with Gasteiger partial charge in [0.1, 0.15) is 11.8 Å². The average molecular weight is 525 g/mol. The van der Waals surface area contributed by atoms with E-state index in [0.717, 1.165) is 31.2 Å². The summed E-state index contributed by atoms with van der Waals surface area (Å²) in [5.41, 5.74) is 6.34. The van der Waals surface area contributed by atoms with Gasteiger partial charge in [-0.25, -0.2) is 0 Å². The molecule has 0 aliphatic rings. The zero-order valence-electron chi connectivity index (χ0n) is 21.5. The first-order chi connectivity index (χ1) is 17.1. The minimum absolute atomic E-state index is 0.0139. The Bertz CT molecular complexity index is 878. The number of unbranched alkanes of at least 4 members (excludes halogenated alkanes) is 2. The molecule has 1 aromatic rings. The van der Waals surface area contributed by atoms with Crippen LogP contribution in [0.25, 0.3) is 0 Å². The maximum atomic E-state index is 12.8. The van der Waals surface area contributed by atoms with E-state index in [4.69, 9.17) is 15.6 Å². The zero-order valence-corrected chi connectivity index (χ0v) is 22.3. The van der Waals surface area contributed by atoms with Crippen LogP contribution in [0, 0.1) is 0 Å². The van der Waals surface area contributed by atoms with Crippen molar-refractivity contribution in [1.29, 1.82) is 0 Å². The Morgan fingerprint density at radius 3 is 2.47 bits per heavy atom. The number of Topliss-reactive ketones (excluding diaryl/α,β-unsaturated/α-hetero) is 2. The van der Waals surface area contributed by atoms with E-state index in [2.05, 4.69) is 12.2 Å². The smallest absolute Gasteiger partial charge is 0.320 e. The molecule has 0 radical (unpaired) electrons. The number of rotatable bonds is 19. The number of ether oxygens (including phenoxy) is 1. The molecule has 9 nitrogen and oxygen atoms in total. The molecule has 0 spiro atoms. The van der Waals surface area contributed by atoms with Gasteiger partial charge in [0.25, 0.3) is 0 Å². The van der Waals surface area contributed by atoms with Gasteiger partial charge >= 0.3 is 5.97 Å². The zero-order chi connectivity index (χ0) is 27.1. The van der Waals surface area contributed by atoms with Crippen LogP contribution < -0.4 is 15.8 Å². The fourth-order valence-electron chi connectivity index (χ4n) is 3.55. The van der Waals surface area contributed by atoms with E-state index in [1.807, 2.05) is 0 Å². The van der Waals surface area contributed by atoms with Crippen LogP contribution in [0.4, 0.5) is 0 Å². The quantitative estimate of drug-likeness (QED) is 0.199. The maximum Gasteiger partial charge on any atom is 0.320 e. The van der Waals surface area contributed by atoms with Crippen LogP contribution in [0.1, 0.15) is 70.8 Å². The van der Waals surface area contributed by atoms with Crippen molar-refractivity contribution in [1.82, 2.24) is 5.32 Å². The number of ketones is 2. The molecule has 0 saturated heterocycles. The first-order valence-electron chi connectivity index (χ1n) is 12.3. The number of carboxylic acids is 1. The molecule has 0 saturated carbocycles. The summed E-state index contributed by atoms with van der Waals surface area (Å²) in [6, 6.07) is 3.20. The number of methoxy groups -OCH3 is 1. The van der Waals surface area contributed by atoms with Gasteiger partial charge in [0, 0.05) is 30.3 Å². The molecule has 3 atom stereocenters. The lowest BCUT2D eigenvalue weighted by molar-refractivity contribution is -0.138. The van der Waals surface area contributed by atoms with Crippen molar-refractivity contribution >= 4 is 35.2 Å². The van der Waals surface area contributed by atoms with Crippen LogP contribution in [-0.2, 0) is 25.6 Å². The SMILES string of the molecule is CCCCCC(CC(=O)CCc1ccc(O)c(OC)c1)SCC(NC(=O)CCC(N)C(=O)O)C(C)=O. The van der Waals surface area contributed by atoms with Crippen molar-refractivity contribution in [3.8, 4) is 11.5 Å². The molecule has 0 aromatic heterocycles. The number of thioether (sulfide) groups is 1. The summed E-state index contributed by atoms with van der Waals surface area (Å²) in [4.78, 5) is 47.9. The number of amides is 1. The lowest BCUT2D eigenvalue weighted by Gasteiger charge is -2.21. The van der Waals surface area contributed by atoms with Gasteiger partial charge < -0.3 is 26.0 Å². The Kier molecular flexibility index (Phi) is 14.8. The number of carbonyl (C=O) groups excluding carboxylic acids is 3. The number of aromatic hydroxyl groups is 1. The molecular weight excluding hydrogens is 484 g/mol. The van der Waals surface area contributed by atoms with Crippen LogP contribution in [0.3, 0.4) is 0 Å². The second-order valence-corrected chi connectivity index (χ2v) is 10.2. The van der Waals surface area contributed by atoms with Crippen molar-refractivity contribution in [2.75, 3.05) is 12.9 Å². The molecule has 1 aromatic carbocycles. The minimum Gasteiger partial charge on any atom is -0.504 e. The van der Waals surface area contributed by atoms with Gasteiger partial charge in [0.15, 0.2) is 17.3 Å². The molecule has 5 N–H and O–H groups in total. The highest BCUT2D eigenvalue weighted by molar-refractivity contribution is 8.00. The molecule has 0 heterocycles. The van der Waals surface area contributed by atoms with Crippen molar-refractivity contribution < 1.29 is 34.1 Å². The molecule has 3 unspecified atom stereocenters. The fraction of sp³-hybridized carbons (Fsp3) is 0.615. The monoisotopic (exact) mass is 524 g/mol. The Labute approximate surface area is 217 Å². The summed E-state index contributed by atoms with van der Waals surface area (Å²) in [5.74, 6) is -0.917. The molecular formula is C26H40N2O7S. The van der Waals surface area contributed by atoms with E-state index < -0.39 is 24.0 Å². The van der Waals surface area contributed by atoms with Crippen molar-refractivity contribution in [3.05, 3.63) is 23.8 Å². The van der Waals surface area contributed by atoms with Gasteiger partial charge in [-0.15, -0.1) is 0 Å². The lowest BCUT2D eigenvalue weighted by atomic mass is 10.0. The molecule has 0 fully saturated rings. The number of benzene rings is 1. The maximum absolute atomic E-state index is 12.8. The summed E-state index contributed by atoms with van der Waals surface area (Å²) in [5, 5.41) is 21.3. The number of aryl methyl sites for hydroxylation is 1. The third-order valence-electron chi connectivity index (χ3n) is 5.85. The number of carboxylic acid groups (broad SMARTS) is 1. The highest BCUT2D eigenvalue weighted by atomic mass is 32.2. The summed E-state index contributed by atoms with van der Waals surface area (Å²) in [6.07, 6.45) is 5.08. The van der Waals surface area contributed by atoms with Crippen LogP contribution in [-0.4, -0.2) is 63.9 Å². The van der Waals surface area contributed by atoms with Gasteiger partial charge in [0.05, 0.1) is 13.2 Å². The van der Waals surface area contributed by atoms with Crippen LogP contribution in [0.5, 0.6) is 11.5 Å². The molecule has 202 valence electrons.